The molecular weight excluding hydrogens is 294 g/mol. The normalized spacial score (nSPS) is 18.0. The highest BCUT2D eigenvalue weighted by atomic mass is 32.1. The number of thiophene rings is 1. The molecule has 0 radical (unpaired) electrons. The number of hydrogen-bond acceptors (Lipinski definition) is 4. The summed E-state index contributed by atoms with van der Waals surface area (Å²) in [7, 11) is 1.85. The van der Waals surface area contributed by atoms with E-state index in [1.54, 1.807) is 23.6 Å². The second-order valence-electron chi connectivity index (χ2n) is 5.26. The van der Waals surface area contributed by atoms with Gasteiger partial charge in [-0.25, -0.2) is 4.98 Å². The fourth-order valence-electron chi connectivity index (χ4n) is 2.80. The molecule has 1 aliphatic heterocycles. The molecule has 2 aromatic rings. The minimum absolute atomic E-state index is 0.0821. The molecule has 3 heterocycles. The van der Waals surface area contributed by atoms with Crippen molar-refractivity contribution in [2.45, 2.75) is 18.9 Å². The van der Waals surface area contributed by atoms with Crippen LogP contribution in [0.2, 0.25) is 0 Å². The van der Waals surface area contributed by atoms with Crippen LogP contribution in [0.3, 0.4) is 0 Å². The van der Waals surface area contributed by atoms with Crippen LogP contribution in [-0.4, -0.2) is 29.4 Å². The summed E-state index contributed by atoms with van der Waals surface area (Å²) >= 11 is 1.64. The quantitative estimate of drug-likeness (QED) is 0.878. The summed E-state index contributed by atoms with van der Waals surface area (Å²) in [6.07, 6.45) is 7.42. The molecule has 1 fully saturated rings. The van der Waals surface area contributed by atoms with E-state index in [9.17, 15) is 4.79 Å². The highest BCUT2D eigenvalue weighted by Gasteiger charge is 2.28. The molecule has 5 heteroatoms. The first-order valence-corrected chi connectivity index (χ1v) is 8.32. The maximum absolute atomic E-state index is 12.5. The molecule has 0 unspecified atom stereocenters. The van der Waals surface area contributed by atoms with Gasteiger partial charge in [0.15, 0.2) is 0 Å². The molecule has 0 aliphatic carbocycles. The van der Waals surface area contributed by atoms with E-state index in [1.165, 1.54) is 0 Å². The number of hydrogen-bond donors (Lipinski definition) is 1. The molecule has 2 aromatic heterocycles. The summed E-state index contributed by atoms with van der Waals surface area (Å²) in [5, 5.41) is 5.06. The van der Waals surface area contributed by atoms with E-state index < -0.39 is 0 Å². The smallest absolute Gasteiger partial charge is 0.247 e. The Morgan fingerprint density at radius 2 is 2.41 bits per heavy atom. The maximum atomic E-state index is 12.5. The zero-order valence-corrected chi connectivity index (χ0v) is 13.3. The van der Waals surface area contributed by atoms with Gasteiger partial charge in [0.05, 0.1) is 6.04 Å². The van der Waals surface area contributed by atoms with Crippen LogP contribution in [0.5, 0.6) is 0 Å². The van der Waals surface area contributed by atoms with Gasteiger partial charge in [0.2, 0.25) is 5.91 Å². The Bertz CT molecular complexity index is 666. The number of carbonyl (C=O) groups excluding carboxylic acids is 1. The zero-order valence-electron chi connectivity index (χ0n) is 12.5. The minimum atomic E-state index is 0.0821. The predicted octanol–water partition coefficient (Wildman–Crippen LogP) is 3.56. The average Bonchev–Trinajstić information content (AvgIpc) is 3.24. The Labute approximate surface area is 134 Å². The standard InChI is InChI=1S/C17H19N3OS/c1-18-16-12-13(8-9-19-16)15-5-2-10-20(15)17(21)7-6-14-4-3-11-22-14/h3-4,6-9,11-12,15H,2,5,10H2,1H3,(H,18,19)/b7-6+/t15-/m0/s1. The van der Waals surface area contributed by atoms with Gasteiger partial charge in [-0.2, -0.15) is 0 Å². The topological polar surface area (TPSA) is 45.2 Å². The molecule has 1 N–H and O–H groups in total. The van der Waals surface area contributed by atoms with Crippen LogP contribution in [-0.2, 0) is 4.79 Å². The first kappa shape index (κ1) is 14.8. The third-order valence-electron chi connectivity index (χ3n) is 3.89. The van der Waals surface area contributed by atoms with Gasteiger partial charge in [-0.05, 0) is 48.1 Å². The van der Waals surface area contributed by atoms with E-state index in [0.29, 0.717) is 0 Å². The number of aromatic nitrogens is 1. The number of rotatable bonds is 4. The van der Waals surface area contributed by atoms with E-state index in [1.807, 2.05) is 47.7 Å². The highest BCUT2D eigenvalue weighted by molar-refractivity contribution is 7.10. The molecule has 114 valence electrons. The lowest BCUT2D eigenvalue weighted by Gasteiger charge is -2.24. The molecule has 1 atom stereocenters. The van der Waals surface area contributed by atoms with E-state index >= 15 is 0 Å². The van der Waals surface area contributed by atoms with Crippen molar-refractivity contribution in [1.29, 1.82) is 0 Å². The molecule has 22 heavy (non-hydrogen) atoms. The van der Waals surface area contributed by atoms with Gasteiger partial charge < -0.3 is 10.2 Å². The van der Waals surface area contributed by atoms with Gasteiger partial charge in [-0.3, -0.25) is 4.79 Å². The molecule has 3 rings (SSSR count). The van der Waals surface area contributed by atoms with Crippen LogP contribution >= 0.6 is 11.3 Å². The number of pyridine rings is 1. The van der Waals surface area contributed by atoms with E-state index in [2.05, 4.69) is 10.3 Å². The molecule has 0 saturated carbocycles. The molecule has 1 aliphatic rings. The van der Waals surface area contributed by atoms with Crippen molar-refractivity contribution >= 4 is 29.1 Å². The van der Waals surface area contributed by atoms with Gasteiger partial charge in [-0.1, -0.05) is 6.07 Å². The summed E-state index contributed by atoms with van der Waals surface area (Å²) in [4.78, 5) is 19.8. The lowest BCUT2D eigenvalue weighted by atomic mass is 10.1. The Morgan fingerprint density at radius 1 is 1.50 bits per heavy atom. The highest BCUT2D eigenvalue weighted by Crippen LogP contribution is 2.32. The summed E-state index contributed by atoms with van der Waals surface area (Å²) in [6, 6.07) is 8.18. The first-order chi connectivity index (χ1) is 10.8. The Balaban J connectivity index is 1.76. The fourth-order valence-corrected chi connectivity index (χ4v) is 3.42. The second kappa shape index (κ2) is 6.75. The maximum Gasteiger partial charge on any atom is 0.247 e. The summed E-state index contributed by atoms with van der Waals surface area (Å²) < 4.78 is 0. The van der Waals surface area contributed by atoms with Gasteiger partial charge >= 0.3 is 0 Å². The fraction of sp³-hybridized carbons (Fsp3) is 0.294. The second-order valence-corrected chi connectivity index (χ2v) is 6.24. The Morgan fingerprint density at radius 3 is 3.18 bits per heavy atom. The van der Waals surface area contributed by atoms with Crippen LogP contribution in [0.4, 0.5) is 5.82 Å². The number of carbonyl (C=O) groups is 1. The summed E-state index contributed by atoms with van der Waals surface area (Å²) in [5.74, 6) is 0.921. The predicted molar refractivity (Wildman–Crippen MR) is 90.8 cm³/mol. The summed E-state index contributed by atoms with van der Waals surface area (Å²) in [6.45, 7) is 0.815. The molecule has 0 aromatic carbocycles. The van der Waals surface area contributed by atoms with Crippen LogP contribution in [0, 0.1) is 0 Å². The average molecular weight is 313 g/mol. The number of likely N-dealkylation sites (tertiary alicyclic amines) is 1. The van der Waals surface area contributed by atoms with Crippen molar-refractivity contribution in [2.24, 2.45) is 0 Å². The minimum Gasteiger partial charge on any atom is -0.373 e. The molecule has 1 amide bonds. The van der Waals surface area contributed by atoms with Crippen molar-refractivity contribution in [3.8, 4) is 0 Å². The first-order valence-electron chi connectivity index (χ1n) is 7.44. The SMILES string of the molecule is CNc1cc([C@@H]2CCCN2C(=O)/C=C/c2cccs2)ccn1. The number of nitrogens with zero attached hydrogens (tertiary/aromatic N) is 2. The Kier molecular flexibility index (Phi) is 4.53. The van der Waals surface area contributed by atoms with Crippen molar-refractivity contribution in [3.05, 3.63) is 52.4 Å². The summed E-state index contributed by atoms with van der Waals surface area (Å²) in [5.41, 5.74) is 1.15. The Hall–Kier alpha value is -2.14. The molecular formula is C17H19N3OS. The van der Waals surface area contributed by atoms with Crippen LogP contribution in [0.1, 0.15) is 29.3 Å². The number of nitrogens with one attached hydrogen (secondary N) is 1. The van der Waals surface area contributed by atoms with Crippen LogP contribution < -0.4 is 5.32 Å². The van der Waals surface area contributed by atoms with Crippen molar-refractivity contribution in [3.63, 3.8) is 0 Å². The van der Waals surface area contributed by atoms with E-state index in [0.717, 1.165) is 35.6 Å². The zero-order chi connectivity index (χ0) is 15.4. The lowest BCUT2D eigenvalue weighted by Crippen LogP contribution is -2.28. The van der Waals surface area contributed by atoms with Crippen molar-refractivity contribution in [1.82, 2.24) is 9.88 Å². The number of anilines is 1. The van der Waals surface area contributed by atoms with Gasteiger partial charge in [-0.15, -0.1) is 11.3 Å². The van der Waals surface area contributed by atoms with Crippen LogP contribution in [0.25, 0.3) is 6.08 Å². The lowest BCUT2D eigenvalue weighted by molar-refractivity contribution is -0.126. The molecule has 1 saturated heterocycles. The largest absolute Gasteiger partial charge is 0.373 e. The number of amides is 1. The van der Waals surface area contributed by atoms with Crippen molar-refractivity contribution in [2.75, 3.05) is 18.9 Å². The van der Waals surface area contributed by atoms with Gasteiger partial charge in [0, 0.05) is 30.7 Å². The molecule has 0 spiro atoms. The monoisotopic (exact) mass is 313 g/mol. The van der Waals surface area contributed by atoms with E-state index in [-0.39, 0.29) is 11.9 Å². The third-order valence-corrected chi connectivity index (χ3v) is 4.73. The van der Waals surface area contributed by atoms with Gasteiger partial charge in [0.1, 0.15) is 5.82 Å². The van der Waals surface area contributed by atoms with Gasteiger partial charge in [0.25, 0.3) is 0 Å². The van der Waals surface area contributed by atoms with Crippen molar-refractivity contribution < 1.29 is 4.79 Å². The van der Waals surface area contributed by atoms with Crippen LogP contribution in [0.15, 0.2) is 41.9 Å². The molecule has 0 bridgehead atoms. The third kappa shape index (κ3) is 3.20. The van der Waals surface area contributed by atoms with E-state index in [4.69, 9.17) is 0 Å². The molecule has 4 nitrogen and oxygen atoms in total.